The molecule has 8 nitrogen and oxygen atoms in total. The molecule has 0 aromatic heterocycles. The van der Waals surface area contributed by atoms with Crippen molar-refractivity contribution in [3.63, 3.8) is 0 Å². The summed E-state index contributed by atoms with van der Waals surface area (Å²) in [5.41, 5.74) is 1.22. The van der Waals surface area contributed by atoms with Gasteiger partial charge in [0.15, 0.2) is 0 Å². The molecule has 1 aromatic rings. The van der Waals surface area contributed by atoms with Crippen molar-refractivity contribution in [3.8, 4) is 0 Å². The van der Waals surface area contributed by atoms with Gasteiger partial charge in [0.2, 0.25) is 0 Å². The fourth-order valence-corrected chi connectivity index (χ4v) is 2.39. The number of carbonyl (C=O) groups excluding carboxylic acids is 2. The van der Waals surface area contributed by atoms with Crippen LogP contribution in [0.1, 0.15) is 19.4 Å². The van der Waals surface area contributed by atoms with Crippen molar-refractivity contribution in [2.75, 3.05) is 37.1 Å². The van der Waals surface area contributed by atoms with E-state index in [0.29, 0.717) is 11.3 Å². The van der Waals surface area contributed by atoms with Crippen molar-refractivity contribution >= 4 is 23.4 Å². The second kappa shape index (κ2) is 12.5. The Morgan fingerprint density at radius 3 is 1.76 bits per heavy atom. The molecule has 0 aliphatic carbocycles. The fraction of sp³-hybridized carbons (Fsp3) is 0.579. The van der Waals surface area contributed by atoms with Gasteiger partial charge in [-0.2, -0.15) is 26.3 Å². The van der Waals surface area contributed by atoms with Gasteiger partial charge in [-0.3, -0.25) is 0 Å². The van der Waals surface area contributed by atoms with Crippen LogP contribution in [-0.4, -0.2) is 62.9 Å². The van der Waals surface area contributed by atoms with E-state index in [-0.39, 0.29) is 18.9 Å². The first-order valence-corrected chi connectivity index (χ1v) is 9.69. The van der Waals surface area contributed by atoms with Gasteiger partial charge >= 0.3 is 24.4 Å². The van der Waals surface area contributed by atoms with Crippen molar-refractivity contribution in [1.29, 1.82) is 0 Å². The van der Waals surface area contributed by atoms with Crippen LogP contribution in [0.5, 0.6) is 0 Å². The number of hydrogen-bond acceptors (Lipinski definition) is 4. The van der Waals surface area contributed by atoms with Gasteiger partial charge in [-0.15, -0.1) is 0 Å². The number of halogens is 6. The van der Waals surface area contributed by atoms with Crippen LogP contribution in [0.2, 0.25) is 0 Å². The minimum atomic E-state index is -4.47. The van der Waals surface area contributed by atoms with Crippen molar-refractivity contribution in [3.05, 3.63) is 23.8 Å². The number of rotatable bonds is 10. The molecule has 0 heterocycles. The fourth-order valence-electron chi connectivity index (χ4n) is 2.39. The molecule has 1 aromatic carbocycles. The highest BCUT2D eigenvalue weighted by molar-refractivity contribution is 5.93. The van der Waals surface area contributed by atoms with E-state index in [4.69, 9.17) is 0 Å². The van der Waals surface area contributed by atoms with Crippen LogP contribution in [0.15, 0.2) is 18.2 Å². The topological polar surface area (TPSA) is 101 Å². The summed E-state index contributed by atoms with van der Waals surface area (Å²) < 4.78 is 81.5. The molecule has 1 rings (SSSR count). The smallest absolute Gasteiger partial charge is 0.370 e. The average Bonchev–Trinajstić information content (AvgIpc) is 2.62. The molecule has 0 saturated heterocycles. The summed E-state index contributed by atoms with van der Waals surface area (Å²) in [5, 5.41) is 9.83. The molecular weight excluding hydrogens is 462 g/mol. The highest BCUT2D eigenvalue weighted by Crippen LogP contribution is 2.20. The molecule has 33 heavy (non-hydrogen) atoms. The van der Waals surface area contributed by atoms with Gasteiger partial charge in [0.25, 0.3) is 0 Å². The van der Waals surface area contributed by atoms with Crippen molar-refractivity contribution in [2.45, 2.75) is 45.2 Å². The van der Waals surface area contributed by atoms with E-state index in [9.17, 15) is 35.9 Å². The van der Waals surface area contributed by atoms with E-state index in [0.717, 1.165) is 0 Å². The lowest BCUT2D eigenvalue weighted by molar-refractivity contribution is -0.175. The number of aryl methyl sites for hydroxylation is 1. The van der Waals surface area contributed by atoms with Gasteiger partial charge in [0, 0.05) is 11.4 Å². The maximum atomic E-state index is 12.1. The second-order valence-corrected chi connectivity index (χ2v) is 7.29. The number of benzene rings is 1. The summed E-state index contributed by atoms with van der Waals surface area (Å²) in [5.74, 6) is 0. The van der Waals surface area contributed by atoms with E-state index in [1.54, 1.807) is 13.0 Å². The first-order chi connectivity index (χ1) is 15.1. The number of carbonyl (C=O) groups is 2. The van der Waals surface area contributed by atoms with Crippen molar-refractivity contribution in [2.24, 2.45) is 0 Å². The summed E-state index contributed by atoms with van der Waals surface area (Å²) in [6.45, 7) is 1.05. The highest BCUT2D eigenvalue weighted by atomic mass is 19.4. The molecule has 188 valence electrons. The number of nitrogens with one attached hydrogen (secondary N) is 4. The quantitative estimate of drug-likeness (QED) is 0.372. The monoisotopic (exact) mass is 488 g/mol. The first-order valence-electron chi connectivity index (χ1n) is 9.69. The van der Waals surface area contributed by atoms with Gasteiger partial charge in [0.1, 0.15) is 13.2 Å². The molecule has 0 aliphatic heterocycles. The molecule has 0 spiro atoms. The Bertz CT molecular complexity index is 789. The molecule has 0 fully saturated rings. The molecule has 4 amide bonds. The van der Waals surface area contributed by atoms with E-state index < -0.39 is 49.7 Å². The number of hydrogen-bond donors (Lipinski definition) is 4. The first kappa shape index (κ1) is 28.3. The van der Waals surface area contributed by atoms with E-state index in [2.05, 4.69) is 30.7 Å². The van der Waals surface area contributed by atoms with E-state index in [1.807, 2.05) is 0 Å². The Hall–Kier alpha value is -2.74. The van der Waals surface area contributed by atoms with Gasteiger partial charge in [-0.25, -0.2) is 9.59 Å². The Balaban J connectivity index is 2.53. The van der Waals surface area contributed by atoms with Crippen LogP contribution in [0, 0.1) is 6.92 Å². The van der Waals surface area contributed by atoms with Crippen LogP contribution in [0.25, 0.3) is 0 Å². The summed E-state index contributed by atoms with van der Waals surface area (Å²) >= 11 is 0. The molecule has 14 heteroatoms. The zero-order valence-electron chi connectivity index (χ0n) is 18.1. The van der Waals surface area contributed by atoms with Crippen molar-refractivity contribution in [1.82, 2.24) is 10.6 Å². The molecule has 0 radical (unpaired) electrons. The Labute approximate surface area is 186 Å². The van der Waals surface area contributed by atoms with Crippen LogP contribution in [0.4, 0.5) is 47.3 Å². The van der Waals surface area contributed by atoms with Gasteiger partial charge in [-0.05, 0) is 38.5 Å². The minimum Gasteiger partial charge on any atom is -0.370 e. The average molecular weight is 488 g/mol. The molecule has 0 saturated carbocycles. The lowest BCUT2D eigenvalue weighted by Gasteiger charge is -2.18. The normalized spacial score (nSPS) is 13.7. The third-order valence-electron chi connectivity index (χ3n) is 3.77. The molecule has 0 bridgehead atoms. The zero-order valence-corrected chi connectivity index (χ0v) is 18.1. The lowest BCUT2D eigenvalue weighted by atomic mass is 10.2. The Morgan fingerprint density at radius 2 is 1.30 bits per heavy atom. The van der Waals surface area contributed by atoms with E-state index >= 15 is 0 Å². The third kappa shape index (κ3) is 13.4. The Morgan fingerprint density at radius 1 is 0.848 bits per heavy atom. The van der Waals surface area contributed by atoms with Crippen molar-refractivity contribution < 1.29 is 45.4 Å². The number of ether oxygens (including phenoxy) is 2. The van der Waals surface area contributed by atoms with Crippen LogP contribution in [0.3, 0.4) is 0 Å². The zero-order chi connectivity index (χ0) is 25.2. The van der Waals surface area contributed by atoms with Gasteiger partial charge in [-0.1, -0.05) is 6.07 Å². The second-order valence-electron chi connectivity index (χ2n) is 7.29. The highest BCUT2D eigenvalue weighted by Gasteiger charge is 2.28. The van der Waals surface area contributed by atoms with E-state index in [1.165, 1.54) is 26.0 Å². The van der Waals surface area contributed by atoms with Crippen LogP contribution < -0.4 is 21.3 Å². The molecular formula is C19H26F6N4O4. The minimum absolute atomic E-state index is 0.276. The summed E-state index contributed by atoms with van der Waals surface area (Å²) in [7, 11) is 0. The maximum absolute atomic E-state index is 12.1. The molecule has 0 aliphatic rings. The summed E-state index contributed by atoms with van der Waals surface area (Å²) in [4.78, 5) is 24.1. The molecule has 2 unspecified atom stereocenters. The maximum Gasteiger partial charge on any atom is 0.411 e. The predicted molar refractivity (Wildman–Crippen MR) is 108 cm³/mol. The number of amides is 4. The summed E-state index contributed by atoms with van der Waals surface area (Å²) in [6.07, 6.45) is -8.93. The van der Waals surface area contributed by atoms with Gasteiger partial charge < -0.3 is 30.7 Å². The third-order valence-corrected chi connectivity index (χ3v) is 3.77. The number of alkyl halides is 6. The molecule has 2 atom stereocenters. The standard InChI is InChI=1S/C19H26F6N4O4/c1-11-4-5-14(28-16(30)26-12(2)7-32-9-18(20,21)22)6-15(11)29-17(31)27-13(3)8-33-10-19(23,24)25/h4-6,12-13H,7-10H2,1-3H3,(H2,26,28,30)(H2,27,29,31). The lowest BCUT2D eigenvalue weighted by Crippen LogP contribution is -2.40. The number of urea groups is 2. The van der Waals surface area contributed by atoms with Crippen LogP contribution in [-0.2, 0) is 9.47 Å². The SMILES string of the molecule is Cc1ccc(NC(=O)NC(C)COCC(F)(F)F)cc1NC(=O)NC(C)COCC(F)(F)F. The Kier molecular flexibility index (Phi) is 10.7. The number of anilines is 2. The largest absolute Gasteiger partial charge is 0.411 e. The van der Waals surface area contributed by atoms with Crippen LogP contribution >= 0.6 is 0 Å². The van der Waals surface area contributed by atoms with Gasteiger partial charge in [0.05, 0.1) is 25.3 Å². The summed E-state index contributed by atoms with van der Waals surface area (Å²) in [6, 6.07) is 1.76. The molecule has 4 N–H and O–H groups in total. The predicted octanol–water partition coefficient (Wildman–Crippen LogP) is 4.17.